The largest absolute Gasteiger partial charge is 0.375 e. The minimum absolute atomic E-state index is 0.618. The van der Waals surface area contributed by atoms with Crippen LogP contribution in [0.3, 0.4) is 0 Å². The summed E-state index contributed by atoms with van der Waals surface area (Å²) in [6.45, 7) is 7.26. The van der Waals surface area contributed by atoms with Crippen LogP contribution in [-0.4, -0.2) is 23.0 Å². The summed E-state index contributed by atoms with van der Waals surface area (Å²) in [6.07, 6.45) is 0. The van der Waals surface area contributed by atoms with Gasteiger partial charge in [0.25, 0.3) is 0 Å². The number of anilines is 1. The minimum atomic E-state index is 0.618. The number of nitrogen functional groups attached to an aromatic ring is 1. The van der Waals surface area contributed by atoms with Gasteiger partial charge in [-0.3, -0.25) is 4.90 Å². The highest BCUT2D eigenvalue weighted by Gasteiger charge is 2.13. The highest BCUT2D eigenvalue weighted by molar-refractivity contribution is 7.15. The molecule has 0 atom stereocenters. The molecule has 2 rings (SSSR count). The Bertz CT molecular complexity index is 532. The summed E-state index contributed by atoms with van der Waals surface area (Å²) in [4.78, 5) is 8.02. The number of nitrogens with zero attached hydrogens (tertiary/aromatic N) is 2. The first-order chi connectivity index (χ1) is 9.13. The highest BCUT2D eigenvalue weighted by atomic mass is 35.5. The Morgan fingerprint density at radius 3 is 2.42 bits per heavy atom. The van der Waals surface area contributed by atoms with Crippen LogP contribution in [0.4, 0.5) is 5.13 Å². The summed E-state index contributed by atoms with van der Waals surface area (Å²) in [5, 5.41) is 1.35. The molecule has 2 N–H and O–H groups in total. The van der Waals surface area contributed by atoms with Gasteiger partial charge in [-0.05, 0) is 25.2 Å². The number of halogens is 1. The maximum absolute atomic E-state index is 5.92. The van der Waals surface area contributed by atoms with Gasteiger partial charge in [0, 0.05) is 22.0 Å². The molecule has 1 heterocycles. The van der Waals surface area contributed by atoms with E-state index in [0.717, 1.165) is 35.9 Å². The first-order valence-electron chi connectivity index (χ1n) is 6.37. The fourth-order valence-electron chi connectivity index (χ4n) is 1.96. The van der Waals surface area contributed by atoms with Crippen molar-refractivity contribution < 1.29 is 0 Å². The zero-order valence-corrected chi connectivity index (χ0v) is 12.8. The van der Waals surface area contributed by atoms with E-state index in [4.69, 9.17) is 17.3 Å². The van der Waals surface area contributed by atoms with Gasteiger partial charge in [-0.2, -0.15) is 0 Å². The Hall–Kier alpha value is -1.10. The van der Waals surface area contributed by atoms with Gasteiger partial charge in [-0.25, -0.2) is 4.98 Å². The molecule has 0 saturated carbocycles. The molecule has 1 aromatic heterocycles. The van der Waals surface area contributed by atoms with Crippen LogP contribution in [0.15, 0.2) is 24.3 Å². The Kier molecular flexibility index (Phi) is 4.80. The third-order valence-electron chi connectivity index (χ3n) is 3.09. The molecule has 0 unspecified atom stereocenters. The van der Waals surface area contributed by atoms with Crippen molar-refractivity contribution in [1.29, 1.82) is 0 Å². The lowest BCUT2D eigenvalue weighted by Gasteiger charge is -2.17. The smallest absolute Gasteiger partial charge is 0.180 e. The topological polar surface area (TPSA) is 42.1 Å². The predicted molar refractivity (Wildman–Crippen MR) is 83.6 cm³/mol. The lowest BCUT2D eigenvalue weighted by Crippen LogP contribution is -2.21. The van der Waals surface area contributed by atoms with E-state index in [2.05, 4.69) is 23.7 Å². The molecule has 0 saturated heterocycles. The number of benzene rings is 1. The van der Waals surface area contributed by atoms with Crippen LogP contribution in [-0.2, 0) is 6.54 Å². The second-order valence-electron chi connectivity index (χ2n) is 4.29. The Morgan fingerprint density at radius 1 is 1.21 bits per heavy atom. The Morgan fingerprint density at radius 2 is 1.84 bits per heavy atom. The van der Waals surface area contributed by atoms with Crippen LogP contribution in [0.5, 0.6) is 0 Å². The number of hydrogen-bond acceptors (Lipinski definition) is 4. The third-order valence-corrected chi connectivity index (χ3v) is 4.21. The van der Waals surface area contributed by atoms with Gasteiger partial charge in [0.15, 0.2) is 5.13 Å². The van der Waals surface area contributed by atoms with E-state index in [9.17, 15) is 0 Å². The molecule has 1 aromatic carbocycles. The van der Waals surface area contributed by atoms with Gasteiger partial charge in [-0.15, -0.1) is 11.3 Å². The van der Waals surface area contributed by atoms with E-state index < -0.39 is 0 Å². The number of aromatic nitrogens is 1. The standard InChI is InChI=1S/C14H18ClN3S/c1-3-18(4-2)9-12-13(17-14(16)19-12)10-5-7-11(15)8-6-10/h5-8H,3-4,9H2,1-2H3,(H2,16,17). The zero-order valence-electron chi connectivity index (χ0n) is 11.2. The summed E-state index contributed by atoms with van der Waals surface area (Å²) >= 11 is 7.49. The lowest BCUT2D eigenvalue weighted by atomic mass is 10.1. The van der Waals surface area contributed by atoms with Crippen molar-refractivity contribution in [2.75, 3.05) is 18.8 Å². The molecule has 19 heavy (non-hydrogen) atoms. The molecule has 0 bridgehead atoms. The number of hydrogen-bond donors (Lipinski definition) is 1. The summed E-state index contributed by atoms with van der Waals surface area (Å²) < 4.78 is 0. The molecule has 102 valence electrons. The summed E-state index contributed by atoms with van der Waals surface area (Å²) in [7, 11) is 0. The van der Waals surface area contributed by atoms with E-state index in [-0.39, 0.29) is 0 Å². The van der Waals surface area contributed by atoms with Crippen LogP contribution >= 0.6 is 22.9 Å². The molecule has 0 aliphatic rings. The van der Waals surface area contributed by atoms with E-state index in [1.165, 1.54) is 4.88 Å². The summed E-state index contributed by atoms with van der Waals surface area (Å²) in [5.74, 6) is 0. The maximum atomic E-state index is 5.92. The minimum Gasteiger partial charge on any atom is -0.375 e. The van der Waals surface area contributed by atoms with E-state index >= 15 is 0 Å². The predicted octanol–water partition coefficient (Wildman–Crippen LogP) is 3.89. The van der Waals surface area contributed by atoms with Crippen LogP contribution in [0, 0.1) is 0 Å². The number of nitrogens with two attached hydrogens (primary N) is 1. The van der Waals surface area contributed by atoms with E-state index in [0.29, 0.717) is 5.13 Å². The average molecular weight is 296 g/mol. The quantitative estimate of drug-likeness (QED) is 0.910. The van der Waals surface area contributed by atoms with Crippen LogP contribution in [0.2, 0.25) is 5.02 Å². The molecule has 0 fully saturated rings. The average Bonchev–Trinajstić information content (AvgIpc) is 2.77. The van der Waals surface area contributed by atoms with Gasteiger partial charge < -0.3 is 5.73 Å². The normalized spacial score (nSPS) is 11.2. The molecule has 0 spiro atoms. The second-order valence-corrected chi connectivity index (χ2v) is 5.84. The van der Waals surface area contributed by atoms with Crippen molar-refractivity contribution in [1.82, 2.24) is 9.88 Å². The molecule has 0 aliphatic heterocycles. The van der Waals surface area contributed by atoms with Crippen molar-refractivity contribution in [2.45, 2.75) is 20.4 Å². The SMILES string of the molecule is CCN(CC)Cc1sc(N)nc1-c1ccc(Cl)cc1. The monoisotopic (exact) mass is 295 g/mol. The van der Waals surface area contributed by atoms with E-state index in [1.54, 1.807) is 11.3 Å². The summed E-state index contributed by atoms with van der Waals surface area (Å²) in [5.41, 5.74) is 7.91. The number of rotatable bonds is 5. The van der Waals surface area contributed by atoms with Crippen LogP contribution < -0.4 is 5.73 Å². The third kappa shape index (κ3) is 3.47. The van der Waals surface area contributed by atoms with Crippen molar-refractivity contribution in [3.8, 4) is 11.3 Å². The number of thiazole rings is 1. The Labute approximate surface area is 123 Å². The van der Waals surface area contributed by atoms with Gasteiger partial charge >= 0.3 is 0 Å². The molecular formula is C14H18ClN3S. The van der Waals surface area contributed by atoms with Crippen molar-refractivity contribution >= 4 is 28.1 Å². The molecule has 0 amide bonds. The van der Waals surface area contributed by atoms with Gasteiger partial charge in [0.05, 0.1) is 5.69 Å². The molecular weight excluding hydrogens is 278 g/mol. The summed E-state index contributed by atoms with van der Waals surface area (Å²) in [6, 6.07) is 7.74. The molecule has 2 aromatic rings. The highest BCUT2D eigenvalue weighted by Crippen LogP contribution is 2.31. The molecule has 0 aliphatic carbocycles. The molecule has 0 radical (unpaired) electrons. The Balaban J connectivity index is 2.32. The maximum Gasteiger partial charge on any atom is 0.180 e. The molecule has 5 heteroatoms. The first-order valence-corrected chi connectivity index (χ1v) is 7.57. The second kappa shape index (κ2) is 6.37. The van der Waals surface area contributed by atoms with Gasteiger partial charge in [-0.1, -0.05) is 37.6 Å². The first kappa shape index (κ1) is 14.3. The fourth-order valence-corrected chi connectivity index (χ4v) is 2.98. The van der Waals surface area contributed by atoms with Crippen molar-refractivity contribution in [2.24, 2.45) is 0 Å². The van der Waals surface area contributed by atoms with Crippen LogP contribution in [0.25, 0.3) is 11.3 Å². The fraction of sp³-hybridized carbons (Fsp3) is 0.357. The van der Waals surface area contributed by atoms with E-state index in [1.807, 2.05) is 24.3 Å². The zero-order chi connectivity index (χ0) is 13.8. The van der Waals surface area contributed by atoms with Crippen LogP contribution in [0.1, 0.15) is 18.7 Å². The molecule has 3 nitrogen and oxygen atoms in total. The van der Waals surface area contributed by atoms with Crippen molar-refractivity contribution in [3.05, 3.63) is 34.2 Å². The van der Waals surface area contributed by atoms with Gasteiger partial charge in [0.1, 0.15) is 0 Å². The lowest BCUT2D eigenvalue weighted by molar-refractivity contribution is 0.298. The van der Waals surface area contributed by atoms with Crippen molar-refractivity contribution in [3.63, 3.8) is 0 Å². The van der Waals surface area contributed by atoms with Gasteiger partial charge in [0.2, 0.25) is 0 Å².